The number of halogens is 1. The maximum Gasteiger partial charge on any atom is 0.262 e. The van der Waals surface area contributed by atoms with Gasteiger partial charge in [0.25, 0.3) is 5.91 Å². The van der Waals surface area contributed by atoms with Crippen LogP contribution in [0.15, 0.2) is 42.5 Å². The van der Waals surface area contributed by atoms with E-state index in [9.17, 15) is 14.0 Å². The molecule has 2 aromatic rings. The summed E-state index contributed by atoms with van der Waals surface area (Å²) in [4.78, 5) is 23.3. The van der Waals surface area contributed by atoms with Crippen molar-refractivity contribution in [3.8, 4) is 5.75 Å². The lowest BCUT2D eigenvalue weighted by Crippen LogP contribution is -2.25. The molecule has 3 rings (SSSR count). The highest BCUT2D eigenvalue weighted by atomic mass is 19.1. The number of ether oxygens (including phenoxy) is 1. The van der Waals surface area contributed by atoms with Gasteiger partial charge >= 0.3 is 0 Å². The number of carbonyl (C=O) groups excluding carboxylic acids is 2. The fraction of sp³-hybridized carbons (Fsp3) is 0.176. The number of nitrogens with one attached hydrogen (secondary N) is 2. The van der Waals surface area contributed by atoms with Gasteiger partial charge in [-0.15, -0.1) is 0 Å². The Hall–Kier alpha value is -2.89. The molecular formula is C17H15FN2O3. The van der Waals surface area contributed by atoms with Crippen molar-refractivity contribution in [2.75, 3.05) is 17.2 Å². The van der Waals surface area contributed by atoms with Gasteiger partial charge in [0.2, 0.25) is 5.91 Å². The van der Waals surface area contributed by atoms with Crippen LogP contribution in [0.4, 0.5) is 15.8 Å². The fourth-order valence-electron chi connectivity index (χ4n) is 2.29. The zero-order valence-electron chi connectivity index (χ0n) is 12.3. The van der Waals surface area contributed by atoms with Crippen LogP contribution in [0.2, 0.25) is 0 Å². The normalized spacial score (nSPS) is 12.8. The van der Waals surface area contributed by atoms with Crippen LogP contribution in [0.25, 0.3) is 0 Å². The van der Waals surface area contributed by atoms with Gasteiger partial charge in [0.1, 0.15) is 11.6 Å². The molecular weight excluding hydrogens is 299 g/mol. The molecule has 1 heterocycles. The van der Waals surface area contributed by atoms with E-state index in [-0.39, 0.29) is 30.7 Å². The summed E-state index contributed by atoms with van der Waals surface area (Å²) in [6.07, 6.45) is 0.808. The van der Waals surface area contributed by atoms with Crippen LogP contribution < -0.4 is 15.4 Å². The first-order valence-corrected chi connectivity index (χ1v) is 7.21. The number of amides is 2. The lowest BCUT2D eigenvalue weighted by Gasteiger charge is -2.18. The number of hydrogen-bond acceptors (Lipinski definition) is 3. The van der Waals surface area contributed by atoms with Crippen molar-refractivity contribution in [3.63, 3.8) is 0 Å². The van der Waals surface area contributed by atoms with Crippen LogP contribution in [-0.2, 0) is 16.0 Å². The minimum absolute atomic E-state index is 0.00360. The SMILES string of the molecule is O=C(CCc1ccc(F)cc1)Nc1ccc2c(c1)NC(=O)CO2. The molecule has 5 nitrogen and oxygen atoms in total. The Bertz CT molecular complexity index is 744. The Morgan fingerprint density at radius 2 is 2.00 bits per heavy atom. The Labute approximate surface area is 132 Å². The van der Waals surface area contributed by atoms with Gasteiger partial charge in [-0.1, -0.05) is 12.1 Å². The first kappa shape index (κ1) is 15.0. The standard InChI is InChI=1S/C17H15FN2O3/c18-12-4-1-11(2-5-12)3-8-16(21)19-13-6-7-15-14(9-13)20-17(22)10-23-15/h1-2,4-7,9H,3,8,10H2,(H,19,21)(H,20,22). The van der Waals surface area contributed by atoms with Gasteiger partial charge in [-0.25, -0.2) is 4.39 Å². The van der Waals surface area contributed by atoms with Crippen LogP contribution in [0.5, 0.6) is 5.75 Å². The molecule has 0 radical (unpaired) electrons. The number of benzene rings is 2. The van der Waals surface area contributed by atoms with Gasteiger partial charge in [0.05, 0.1) is 5.69 Å². The highest BCUT2D eigenvalue weighted by Gasteiger charge is 2.16. The molecule has 2 amide bonds. The van der Waals surface area contributed by atoms with E-state index in [1.807, 2.05) is 0 Å². The minimum Gasteiger partial charge on any atom is -0.482 e. The summed E-state index contributed by atoms with van der Waals surface area (Å²) in [6.45, 7) is -0.00360. The summed E-state index contributed by atoms with van der Waals surface area (Å²) >= 11 is 0. The number of carbonyl (C=O) groups is 2. The zero-order chi connectivity index (χ0) is 16.2. The van der Waals surface area contributed by atoms with E-state index in [0.29, 0.717) is 23.5 Å². The number of fused-ring (bicyclic) bond motifs is 1. The molecule has 0 fully saturated rings. The van der Waals surface area contributed by atoms with Crippen molar-refractivity contribution < 1.29 is 18.7 Å². The molecule has 6 heteroatoms. The van der Waals surface area contributed by atoms with Crippen molar-refractivity contribution in [3.05, 3.63) is 53.8 Å². The molecule has 0 bridgehead atoms. The summed E-state index contributed by atoms with van der Waals surface area (Å²) in [5.41, 5.74) is 2.02. The van der Waals surface area contributed by atoms with E-state index in [4.69, 9.17) is 4.74 Å². The molecule has 1 aliphatic heterocycles. The molecule has 23 heavy (non-hydrogen) atoms. The summed E-state index contributed by atoms with van der Waals surface area (Å²) < 4.78 is 18.1. The first-order valence-electron chi connectivity index (χ1n) is 7.21. The molecule has 0 saturated heterocycles. The van der Waals surface area contributed by atoms with Crippen LogP contribution >= 0.6 is 0 Å². The number of anilines is 2. The van der Waals surface area contributed by atoms with Gasteiger partial charge < -0.3 is 15.4 Å². The average molecular weight is 314 g/mol. The summed E-state index contributed by atoms with van der Waals surface area (Å²) in [6, 6.07) is 11.1. The molecule has 1 aliphatic rings. The third-order valence-electron chi connectivity index (χ3n) is 3.45. The van der Waals surface area contributed by atoms with Crippen molar-refractivity contribution in [2.45, 2.75) is 12.8 Å². The second-order valence-electron chi connectivity index (χ2n) is 5.22. The molecule has 2 N–H and O–H groups in total. The summed E-state index contributed by atoms with van der Waals surface area (Å²) in [5, 5.41) is 5.45. The number of aryl methyl sites for hydroxylation is 1. The predicted molar refractivity (Wildman–Crippen MR) is 83.9 cm³/mol. The van der Waals surface area contributed by atoms with Crippen molar-refractivity contribution in [1.82, 2.24) is 0 Å². The second-order valence-corrected chi connectivity index (χ2v) is 5.22. The van der Waals surface area contributed by atoms with E-state index in [2.05, 4.69) is 10.6 Å². The maximum absolute atomic E-state index is 12.8. The van der Waals surface area contributed by atoms with Crippen LogP contribution in [0.1, 0.15) is 12.0 Å². The van der Waals surface area contributed by atoms with Crippen molar-refractivity contribution in [2.24, 2.45) is 0 Å². The fourth-order valence-corrected chi connectivity index (χ4v) is 2.29. The smallest absolute Gasteiger partial charge is 0.262 e. The van der Waals surface area contributed by atoms with Crippen molar-refractivity contribution >= 4 is 23.2 Å². The lowest BCUT2D eigenvalue weighted by atomic mass is 10.1. The molecule has 2 aromatic carbocycles. The Morgan fingerprint density at radius 3 is 2.78 bits per heavy atom. The summed E-state index contributed by atoms with van der Waals surface area (Å²) in [5.74, 6) is -0.0972. The molecule has 0 atom stereocenters. The highest BCUT2D eigenvalue weighted by Crippen LogP contribution is 2.30. The summed E-state index contributed by atoms with van der Waals surface area (Å²) in [7, 11) is 0. The lowest BCUT2D eigenvalue weighted by molar-refractivity contribution is -0.118. The van der Waals surface area contributed by atoms with E-state index < -0.39 is 0 Å². The minimum atomic E-state index is -0.295. The number of rotatable bonds is 4. The third-order valence-corrected chi connectivity index (χ3v) is 3.45. The number of hydrogen-bond donors (Lipinski definition) is 2. The van der Waals surface area contributed by atoms with Crippen LogP contribution in [0, 0.1) is 5.82 Å². The highest BCUT2D eigenvalue weighted by molar-refractivity contribution is 5.97. The quantitative estimate of drug-likeness (QED) is 0.912. The van der Waals surface area contributed by atoms with Crippen LogP contribution in [0.3, 0.4) is 0 Å². The van der Waals surface area contributed by atoms with Crippen molar-refractivity contribution in [1.29, 1.82) is 0 Å². The molecule has 0 saturated carbocycles. The predicted octanol–water partition coefficient (Wildman–Crippen LogP) is 2.73. The third kappa shape index (κ3) is 3.85. The Balaban J connectivity index is 1.58. The van der Waals surface area contributed by atoms with E-state index >= 15 is 0 Å². The van der Waals surface area contributed by atoms with Gasteiger partial charge in [0, 0.05) is 12.1 Å². The molecule has 118 valence electrons. The molecule has 0 aromatic heterocycles. The van der Waals surface area contributed by atoms with E-state index in [0.717, 1.165) is 5.56 Å². The monoisotopic (exact) mass is 314 g/mol. The maximum atomic E-state index is 12.8. The average Bonchev–Trinajstić information content (AvgIpc) is 2.54. The van der Waals surface area contributed by atoms with Crippen LogP contribution in [-0.4, -0.2) is 18.4 Å². The second kappa shape index (κ2) is 6.48. The Kier molecular flexibility index (Phi) is 4.23. The van der Waals surface area contributed by atoms with Gasteiger partial charge in [-0.3, -0.25) is 9.59 Å². The molecule has 0 spiro atoms. The largest absolute Gasteiger partial charge is 0.482 e. The Morgan fingerprint density at radius 1 is 1.22 bits per heavy atom. The molecule has 0 aliphatic carbocycles. The van der Waals surface area contributed by atoms with E-state index in [1.165, 1.54) is 12.1 Å². The first-order chi connectivity index (χ1) is 11.1. The molecule has 0 unspecified atom stereocenters. The van der Waals surface area contributed by atoms with E-state index in [1.54, 1.807) is 30.3 Å². The van der Waals surface area contributed by atoms with Gasteiger partial charge in [-0.05, 0) is 42.3 Å². The zero-order valence-corrected chi connectivity index (χ0v) is 12.3. The van der Waals surface area contributed by atoms with Gasteiger partial charge in [0.15, 0.2) is 6.61 Å². The topological polar surface area (TPSA) is 67.4 Å². The van der Waals surface area contributed by atoms with Gasteiger partial charge in [-0.2, -0.15) is 0 Å².